The molecule has 134 valence electrons. The number of anilines is 1. The third kappa shape index (κ3) is 2.75. The summed E-state index contributed by atoms with van der Waals surface area (Å²) >= 11 is 0. The van der Waals surface area contributed by atoms with E-state index in [0.29, 0.717) is 17.7 Å². The number of ether oxygens (including phenoxy) is 1. The van der Waals surface area contributed by atoms with Crippen molar-refractivity contribution in [2.45, 2.75) is 37.5 Å². The fourth-order valence-corrected chi connectivity index (χ4v) is 3.60. The van der Waals surface area contributed by atoms with Gasteiger partial charge in [-0.05, 0) is 37.8 Å². The van der Waals surface area contributed by atoms with Crippen LogP contribution in [0.3, 0.4) is 0 Å². The number of piperidine rings is 1. The molecule has 1 aliphatic heterocycles. The Hall–Kier alpha value is -2.77. The van der Waals surface area contributed by atoms with E-state index in [2.05, 4.69) is 25.2 Å². The molecular formula is C18H21N7O. The Morgan fingerprint density at radius 3 is 2.62 bits per heavy atom. The molecule has 0 spiro atoms. The fourth-order valence-electron chi connectivity index (χ4n) is 3.60. The summed E-state index contributed by atoms with van der Waals surface area (Å²) in [6.45, 7) is 1.90. The first-order valence-corrected chi connectivity index (χ1v) is 9.16. The lowest BCUT2D eigenvalue weighted by Gasteiger charge is -2.32. The molecule has 8 nitrogen and oxygen atoms in total. The first-order chi connectivity index (χ1) is 12.8. The second kappa shape index (κ2) is 6.19. The molecule has 1 saturated heterocycles. The van der Waals surface area contributed by atoms with Gasteiger partial charge >= 0.3 is 0 Å². The molecule has 0 aromatic carbocycles. The summed E-state index contributed by atoms with van der Waals surface area (Å²) in [5.74, 6) is 4.46. The van der Waals surface area contributed by atoms with Crippen LogP contribution in [0.25, 0.3) is 5.65 Å². The summed E-state index contributed by atoms with van der Waals surface area (Å²) in [5, 5.41) is 13.1. The lowest BCUT2D eigenvalue weighted by Crippen LogP contribution is -2.34. The molecule has 0 unspecified atom stereocenters. The maximum absolute atomic E-state index is 5.23. The van der Waals surface area contributed by atoms with Gasteiger partial charge in [0, 0.05) is 37.2 Å². The number of fused-ring (bicyclic) bond motifs is 1. The summed E-state index contributed by atoms with van der Waals surface area (Å²) in [5.41, 5.74) is 0.758. The molecule has 0 N–H and O–H groups in total. The van der Waals surface area contributed by atoms with E-state index >= 15 is 0 Å². The molecule has 0 atom stereocenters. The van der Waals surface area contributed by atoms with Crippen LogP contribution in [0.15, 0.2) is 24.4 Å². The van der Waals surface area contributed by atoms with Crippen molar-refractivity contribution in [2.24, 2.45) is 0 Å². The van der Waals surface area contributed by atoms with Gasteiger partial charge in [0.25, 0.3) is 0 Å². The molecule has 3 aromatic rings. The van der Waals surface area contributed by atoms with E-state index in [1.54, 1.807) is 7.11 Å². The zero-order valence-corrected chi connectivity index (χ0v) is 14.7. The summed E-state index contributed by atoms with van der Waals surface area (Å²) in [4.78, 5) is 11.5. The van der Waals surface area contributed by atoms with Crippen molar-refractivity contribution in [3.8, 4) is 5.88 Å². The van der Waals surface area contributed by atoms with E-state index < -0.39 is 0 Å². The van der Waals surface area contributed by atoms with Gasteiger partial charge in [0.2, 0.25) is 5.88 Å². The molecule has 3 aromatic heterocycles. The normalized spacial score (nSPS) is 18.4. The Bertz CT molecular complexity index is 928. The van der Waals surface area contributed by atoms with Gasteiger partial charge in [-0.25, -0.2) is 9.97 Å². The summed E-state index contributed by atoms with van der Waals surface area (Å²) < 4.78 is 7.05. The molecular weight excluding hydrogens is 330 g/mol. The second-order valence-corrected chi connectivity index (χ2v) is 7.01. The van der Waals surface area contributed by atoms with Gasteiger partial charge in [0.15, 0.2) is 11.5 Å². The molecule has 8 heteroatoms. The van der Waals surface area contributed by atoms with Gasteiger partial charge in [0.1, 0.15) is 11.6 Å². The monoisotopic (exact) mass is 351 g/mol. The number of nitrogens with zero attached hydrogens (tertiary/aromatic N) is 7. The zero-order chi connectivity index (χ0) is 17.5. The largest absolute Gasteiger partial charge is 0.480 e. The Labute approximate surface area is 151 Å². The molecule has 4 heterocycles. The van der Waals surface area contributed by atoms with Crippen LogP contribution in [0.1, 0.15) is 49.2 Å². The molecule has 2 aliphatic rings. The quantitative estimate of drug-likeness (QED) is 0.712. The minimum absolute atomic E-state index is 0.339. The van der Waals surface area contributed by atoms with Crippen LogP contribution in [0, 0.1) is 0 Å². The molecule has 0 radical (unpaired) electrons. The van der Waals surface area contributed by atoms with Crippen LogP contribution in [0.4, 0.5) is 5.82 Å². The van der Waals surface area contributed by atoms with Crippen molar-refractivity contribution >= 4 is 11.5 Å². The first kappa shape index (κ1) is 15.5. The van der Waals surface area contributed by atoms with Gasteiger partial charge in [0.05, 0.1) is 7.11 Å². The molecule has 2 fully saturated rings. The third-order valence-corrected chi connectivity index (χ3v) is 5.26. The highest BCUT2D eigenvalue weighted by atomic mass is 16.5. The number of hydrogen-bond donors (Lipinski definition) is 0. The number of hydrogen-bond acceptors (Lipinski definition) is 7. The summed E-state index contributed by atoms with van der Waals surface area (Å²) in [7, 11) is 1.62. The molecule has 0 bridgehead atoms. The van der Waals surface area contributed by atoms with Gasteiger partial charge < -0.3 is 9.64 Å². The average molecular weight is 351 g/mol. The van der Waals surface area contributed by atoms with Gasteiger partial charge in [-0.1, -0.05) is 0 Å². The Balaban J connectivity index is 1.33. The summed E-state index contributed by atoms with van der Waals surface area (Å²) in [6.07, 6.45) is 6.35. The minimum Gasteiger partial charge on any atom is -0.480 e. The maximum Gasteiger partial charge on any atom is 0.231 e. The lowest BCUT2D eigenvalue weighted by atomic mass is 9.96. The molecule has 5 rings (SSSR count). The van der Waals surface area contributed by atoms with E-state index in [-0.39, 0.29) is 0 Å². The van der Waals surface area contributed by atoms with Crippen LogP contribution in [0.5, 0.6) is 5.88 Å². The smallest absolute Gasteiger partial charge is 0.231 e. The predicted octanol–water partition coefficient (Wildman–Crippen LogP) is 2.18. The van der Waals surface area contributed by atoms with E-state index in [4.69, 9.17) is 9.72 Å². The van der Waals surface area contributed by atoms with Crippen molar-refractivity contribution in [3.05, 3.63) is 36.0 Å². The number of rotatable bonds is 4. The van der Waals surface area contributed by atoms with E-state index in [1.165, 1.54) is 12.8 Å². The Morgan fingerprint density at radius 2 is 1.85 bits per heavy atom. The highest BCUT2D eigenvalue weighted by Crippen LogP contribution is 2.38. The third-order valence-electron chi connectivity index (χ3n) is 5.26. The van der Waals surface area contributed by atoms with Gasteiger partial charge in [-0.3, -0.25) is 0 Å². The molecule has 1 saturated carbocycles. The highest BCUT2D eigenvalue weighted by Gasteiger charge is 2.29. The van der Waals surface area contributed by atoms with Crippen molar-refractivity contribution in [1.82, 2.24) is 29.8 Å². The van der Waals surface area contributed by atoms with Crippen LogP contribution >= 0.6 is 0 Å². The molecule has 26 heavy (non-hydrogen) atoms. The van der Waals surface area contributed by atoms with E-state index in [1.807, 2.05) is 28.9 Å². The highest BCUT2D eigenvalue weighted by molar-refractivity contribution is 5.40. The minimum atomic E-state index is 0.339. The second-order valence-electron chi connectivity index (χ2n) is 7.01. The predicted molar refractivity (Wildman–Crippen MR) is 95.5 cm³/mol. The number of methoxy groups -OCH3 is 1. The van der Waals surface area contributed by atoms with E-state index in [0.717, 1.165) is 49.0 Å². The summed E-state index contributed by atoms with van der Waals surface area (Å²) in [6, 6.07) is 5.71. The van der Waals surface area contributed by atoms with E-state index in [9.17, 15) is 0 Å². The van der Waals surface area contributed by atoms with Crippen molar-refractivity contribution < 1.29 is 4.74 Å². The van der Waals surface area contributed by atoms with Crippen molar-refractivity contribution in [3.63, 3.8) is 0 Å². The van der Waals surface area contributed by atoms with Crippen LogP contribution in [-0.2, 0) is 0 Å². The standard InChI is InChI=1S/C18H21N7O/c1-26-16-5-4-15-21-22-18(25(15)23-16)13-7-10-24(11-8-13)14-6-9-19-17(20-14)12-2-3-12/h4-6,9,12-13H,2-3,7-8,10-11H2,1H3. The average Bonchev–Trinajstić information content (AvgIpc) is 3.47. The molecule has 1 aliphatic carbocycles. The lowest BCUT2D eigenvalue weighted by molar-refractivity contribution is 0.386. The van der Waals surface area contributed by atoms with Crippen LogP contribution < -0.4 is 9.64 Å². The van der Waals surface area contributed by atoms with Gasteiger partial charge in [-0.2, -0.15) is 4.52 Å². The topological polar surface area (TPSA) is 81.3 Å². The fraction of sp³-hybridized carbons (Fsp3) is 0.500. The molecule has 0 amide bonds. The number of aromatic nitrogens is 6. The zero-order valence-electron chi connectivity index (χ0n) is 14.7. The Kier molecular flexibility index (Phi) is 3.69. The van der Waals surface area contributed by atoms with Crippen LogP contribution in [0.2, 0.25) is 0 Å². The van der Waals surface area contributed by atoms with Crippen molar-refractivity contribution in [1.29, 1.82) is 0 Å². The maximum atomic E-state index is 5.23. The van der Waals surface area contributed by atoms with Crippen molar-refractivity contribution in [2.75, 3.05) is 25.1 Å². The Morgan fingerprint density at radius 1 is 1.00 bits per heavy atom. The van der Waals surface area contributed by atoms with Gasteiger partial charge in [-0.15, -0.1) is 15.3 Å². The SMILES string of the molecule is COc1ccc2nnc(C3CCN(c4ccnc(C5CC5)n4)CC3)n2n1. The first-order valence-electron chi connectivity index (χ1n) is 9.16. The van der Waals surface area contributed by atoms with Crippen LogP contribution in [-0.4, -0.2) is 50.0 Å².